The second-order valence-electron chi connectivity index (χ2n) is 8.40. The Kier molecular flexibility index (Phi) is 5.25. The number of benzene rings is 2. The third-order valence-corrected chi connectivity index (χ3v) is 7.03. The molecule has 0 fully saturated rings. The lowest BCUT2D eigenvalue weighted by Gasteiger charge is -2.27. The van der Waals surface area contributed by atoms with Gasteiger partial charge in [-0.3, -0.25) is 9.59 Å². The molecule has 168 valence electrons. The van der Waals surface area contributed by atoms with E-state index in [9.17, 15) is 9.59 Å². The molecule has 3 heterocycles. The highest BCUT2D eigenvalue weighted by Crippen LogP contribution is 2.39. The number of halogens is 1. The SMILES string of the molecule is CC(=O)N1CCC=C(c2cc(-c3nc4ccccc4s3)c3cc(C(=O)N(C)C)[nH]c3c2F)C1. The van der Waals surface area contributed by atoms with Gasteiger partial charge in [0.1, 0.15) is 10.7 Å². The zero-order chi connectivity index (χ0) is 23.3. The summed E-state index contributed by atoms with van der Waals surface area (Å²) in [5.41, 5.74) is 3.40. The molecule has 33 heavy (non-hydrogen) atoms. The van der Waals surface area contributed by atoms with Gasteiger partial charge in [0.15, 0.2) is 5.82 Å². The normalized spacial score (nSPS) is 14.1. The minimum absolute atomic E-state index is 0.0350. The van der Waals surface area contributed by atoms with Gasteiger partial charge in [0.2, 0.25) is 5.91 Å². The second-order valence-corrected chi connectivity index (χ2v) is 9.43. The molecule has 2 amide bonds. The molecule has 6 nitrogen and oxygen atoms in total. The highest BCUT2D eigenvalue weighted by Gasteiger charge is 2.24. The largest absolute Gasteiger partial charge is 0.348 e. The molecule has 0 unspecified atom stereocenters. The molecule has 0 radical (unpaired) electrons. The number of aromatic nitrogens is 2. The Hall–Kier alpha value is -3.52. The molecule has 0 spiro atoms. The number of carbonyl (C=O) groups is 2. The van der Waals surface area contributed by atoms with E-state index in [4.69, 9.17) is 4.98 Å². The summed E-state index contributed by atoms with van der Waals surface area (Å²) in [6, 6.07) is 11.4. The summed E-state index contributed by atoms with van der Waals surface area (Å²) < 4.78 is 16.9. The number of hydrogen-bond donors (Lipinski definition) is 1. The van der Waals surface area contributed by atoms with Crippen LogP contribution in [0.1, 0.15) is 29.4 Å². The van der Waals surface area contributed by atoms with Crippen molar-refractivity contribution in [1.82, 2.24) is 19.8 Å². The van der Waals surface area contributed by atoms with Gasteiger partial charge < -0.3 is 14.8 Å². The van der Waals surface area contributed by atoms with Crippen molar-refractivity contribution >= 4 is 49.8 Å². The molecule has 1 N–H and O–H groups in total. The van der Waals surface area contributed by atoms with Gasteiger partial charge in [0, 0.05) is 50.6 Å². The fourth-order valence-corrected chi connectivity index (χ4v) is 5.22. The van der Waals surface area contributed by atoms with Gasteiger partial charge in [-0.05, 0) is 36.3 Å². The van der Waals surface area contributed by atoms with Gasteiger partial charge in [-0.25, -0.2) is 9.37 Å². The highest BCUT2D eigenvalue weighted by molar-refractivity contribution is 7.21. The van der Waals surface area contributed by atoms with E-state index < -0.39 is 5.82 Å². The fourth-order valence-electron chi connectivity index (χ4n) is 4.22. The molecule has 2 aromatic carbocycles. The number of rotatable bonds is 3. The highest BCUT2D eigenvalue weighted by atomic mass is 32.1. The number of carbonyl (C=O) groups excluding carboxylic acids is 2. The first-order valence-electron chi connectivity index (χ1n) is 10.7. The van der Waals surface area contributed by atoms with Gasteiger partial charge in [-0.2, -0.15) is 0 Å². The fraction of sp³-hybridized carbons (Fsp3) is 0.240. The Morgan fingerprint density at radius 1 is 1.18 bits per heavy atom. The number of nitrogens with zero attached hydrogens (tertiary/aromatic N) is 3. The third kappa shape index (κ3) is 3.70. The van der Waals surface area contributed by atoms with E-state index in [0.717, 1.165) is 26.4 Å². The molecule has 0 saturated heterocycles. The average Bonchev–Trinajstić information content (AvgIpc) is 3.44. The first-order valence-corrected chi connectivity index (χ1v) is 11.5. The van der Waals surface area contributed by atoms with Crippen LogP contribution in [0.5, 0.6) is 0 Å². The number of H-pyrrole nitrogens is 1. The maximum absolute atomic E-state index is 15.8. The number of aromatic amines is 1. The lowest BCUT2D eigenvalue weighted by atomic mass is 9.96. The van der Waals surface area contributed by atoms with Crippen LogP contribution in [0.15, 0.2) is 42.5 Å². The molecule has 0 bridgehead atoms. The van der Waals surface area contributed by atoms with Crippen LogP contribution in [0, 0.1) is 5.82 Å². The molecule has 1 aliphatic heterocycles. The third-order valence-electron chi connectivity index (χ3n) is 5.96. The number of amides is 2. The van der Waals surface area contributed by atoms with Crippen LogP contribution >= 0.6 is 11.3 Å². The Labute approximate surface area is 194 Å². The van der Waals surface area contributed by atoms with E-state index in [1.807, 2.05) is 36.4 Å². The standard InChI is InChI=1S/C25H23FN4O2S/c1-14(31)30-10-6-7-15(13-30)16-11-18(24-28-19-8-4-5-9-21(19)33-24)17-12-20(25(32)29(2)3)27-23(17)22(16)26/h4-5,7-9,11-12,27H,6,10,13H2,1-3H3. The number of fused-ring (bicyclic) bond motifs is 2. The summed E-state index contributed by atoms with van der Waals surface area (Å²) in [7, 11) is 3.32. The average molecular weight is 463 g/mol. The number of thiazole rings is 1. The number of nitrogens with one attached hydrogen (secondary N) is 1. The summed E-state index contributed by atoms with van der Waals surface area (Å²) in [6.07, 6.45) is 2.65. The lowest BCUT2D eigenvalue weighted by Crippen LogP contribution is -2.33. The van der Waals surface area contributed by atoms with E-state index in [1.165, 1.54) is 23.2 Å². The van der Waals surface area contributed by atoms with Crippen molar-refractivity contribution in [1.29, 1.82) is 0 Å². The summed E-state index contributed by atoms with van der Waals surface area (Å²) in [5, 5.41) is 1.37. The molecular weight excluding hydrogens is 439 g/mol. The maximum Gasteiger partial charge on any atom is 0.269 e. The van der Waals surface area contributed by atoms with Gasteiger partial charge in [0.05, 0.1) is 15.7 Å². The van der Waals surface area contributed by atoms with Crippen molar-refractivity contribution in [3.63, 3.8) is 0 Å². The van der Waals surface area contributed by atoms with E-state index >= 15 is 4.39 Å². The van der Waals surface area contributed by atoms with Crippen molar-refractivity contribution in [3.05, 3.63) is 59.5 Å². The zero-order valence-corrected chi connectivity index (χ0v) is 19.4. The van der Waals surface area contributed by atoms with E-state index in [-0.39, 0.29) is 17.3 Å². The van der Waals surface area contributed by atoms with Crippen LogP contribution in [-0.2, 0) is 4.79 Å². The Morgan fingerprint density at radius 2 is 1.97 bits per heavy atom. The molecule has 8 heteroatoms. The molecule has 2 aromatic heterocycles. The lowest BCUT2D eigenvalue weighted by molar-refractivity contribution is -0.128. The predicted molar refractivity (Wildman–Crippen MR) is 130 cm³/mol. The molecule has 4 aromatic rings. The molecule has 5 rings (SSSR count). The van der Waals surface area contributed by atoms with Crippen molar-refractivity contribution in [2.45, 2.75) is 13.3 Å². The maximum atomic E-state index is 15.8. The summed E-state index contributed by atoms with van der Waals surface area (Å²) in [4.78, 5) is 35.5. The minimum atomic E-state index is -0.427. The molecule has 1 aliphatic rings. The summed E-state index contributed by atoms with van der Waals surface area (Å²) in [6.45, 7) is 2.50. The topological polar surface area (TPSA) is 69.3 Å². The van der Waals surface area contributed by atoms with E-state index in [0.29, 0.717) is 36.2 Å². The van der Waals surface area contributed by atoms with Gasteiger partial charge >= 0.3 is 0 Å². The molecule has 0 atom stereocenters. The van der Waals surface area contributed by atoms with Crippen LogP contribution in [0.2, 0.25) is 0 Å². The van der Waals surface area contributed by atoms with Crippen LogP contribution in [0.3, 0.4) is 0 Å². The van der Waals surface area contributed by atoms with Gasteiger partial charge in [-0.1, -0.05) is 18.2 Å². The van der Waals surface area contributed by atoms with Crippen LogP contribution in [0.4, 0.5) is 4.39 Å². The Morgan fingerprint density at radius 3 is 2.70 bits per heavy atom. The van der Waals surface area contributed by atoms with Gasteiger partial charge in [-0.15, -0.1) is 11.3 Å². The smallest absolute Gasteiger partial charge is 0.269 e. The number of hydrogen-bond acceptors (Lipinski definition) is 4. The van der Waals surface area contributed by atoms with Crippen LogP contribution in [0.25, 0.3) is 37.3 Å². The van der Waals surface area contributed by atoms with Gasteiger partial charge in [0.25, 0.3) is 5.91 Å². The first-order chi connectivity index (χ1) is 15.8. The predicted octanol–water partition coefficient (Wildman–Crippen LogP) is 4.92. The molecular formula is C25H23FN4O2S. The summed E-state index contributed by atoms with van der Waals surface area (Å²) >= 11 is 1.53. The Balaban J connectivity index is 1.75. The van der Waals surface area contributed by atoms with Crippen molar-refractivity contribution < 1.29 is 14.0 Å². The summed E-state index contributed by atoms with van der Waals surface area (Å²) in [5.74, 6) is -0.696. The zero-order valence-electron chi connectivity index (χ0n) is 18.6. The van der Waals surface area contributed by atoms with E-state index in [2.05, 4.69) is 4.98 Å². The van der Waals surface area contributed by atoms with Crippen molar-refractivity contribution in [3.8, 4) is 10.6 Å². The van der Waals surface area contributed by atoms with Crippen LogP contribution in [-0.4, -0.2) is 58.8 Å². The number of para-hydroxylation sites is 1. The first kappa shape index (κ1) is 21.3. The van der Waals surface area contributed by atoms with Crippen molar-refractivity contribution in [2.75, 3.05) is 27.2 Å². The Bertz CT molecular complexity index is 1420. The van der Waals surface area contributed by atoms with Crippen LogP contribution < -0.4 is 0 Å². The monoisotopic (exact) mass is 462 g/mol. The van der Waals surface area contributed by atoms with E-state index in [1.54, 1.807) is 25.1 Å². The molecule has 0 saturated carbocycles. The molecule has 0 aliphatic carbocycles. The quantitative estimate of drug-likeness (QED) is 0.470. The van der Waals surface area contributed by atoms with Crippen molar-refractivity contribution in [2.24, 2.45) is 0 Å². The minimum Gasteiger partial charge on any atom is -0.348 e. The second kappa shape index (κ2) is 8.12.